The van der Waals surface area contributed by atoms with Crippen LogP contribution in [-0.2, 0) is 11.2 Å². The predicted molar refractivity (Wildman–Crippen MR) is 64.3 cm³/mol. The molecule has 0 heterocycles. The molecular formula is C11H13BrClFO. The maximum Gasteiger partial charge on any atom is 0.144 e. The Bertz CT molecular complexity index is 319. The molecule has 0 saturated heterocycles. The van der Waals surface area contributed by atoms with E-state index in [4.69, 9.17) is 16.3 Å². The van der Waals surface area contributed by atoms with Crippen molar-refractivity contribution in [2.45, 2.75) is 17.7 Å². The Morgan fingerprint density at radius 1 is 1.53 bits per heavy atom. The van der Waals surface area contributed by atoms with Crippen LogP contribution in [0.1, 0.15) is 12.0 Å². The van der Waals surface area contributed by atoms with Crippen molar-refractivity contribution in [2.75, 3.05) is 13.7 Å². The highest BCUT2D eigenvalue weighted by Crippen LogP contribution is 2.20. The maximum atomic E-state index is 13.5. The number of alkyl halides is 1. The van der Waals surface area contributed by atoms with Crippen LogP contribution < -0.4 is 0 Å². The van der Waals surface area contributed by atoms with Gasteiger partial charge in [-0.2, -0.15) is 0 Å². The van der Waals surface area contributed by atoms with Gasteiger partial charge in [0, 0.05) is 11.9 Å². The molecule has 0 N–H and O–H groups in total. The van der Waals surface area contributed by atoms with Gasteiger partial charge in [0.2, 0.25) is 0 Å². The van der Waals surface area contributed by atoms with E-state index in [9.17, 15) is 4.39 Å². The van der Waals surface area contributed by atoms with Crippen molar-refractivity contribution in [3.8, 4) is 0 Å². The van der Waals surface area contributed by atoms with Crippen LogP contribution in [0.5, 0.6) is 0 Å². The summed E-state index contributed by atoms with van der Waals surface area (Å²) in [5.41, 5.74) is 0.656. The van der Waals surface area contributed by atoms with Gasteiger partial charge in [-0.05, 0) is 24.5 Å². The second-order valence-electron chi connectivity index (χ2n) is 3.30. The molecule has 84 valence electrons. The third kappa shape index (κ3) is 4.09. The van der Waals surface area contributed by atoms with Gasteiger partial charge in [0.15, 0.2) is 0 Å². The lowest BCUT2D eigenvalue weighted by Crippen LogP contribution is -2.08. The second-order valence-corrected chi connectivity index (χ2v) is 5.01. The molecule has 1 nitrogen and oxygen atoms in total. The number of halogens is 3. The molecule has 1 atom stereocenters. The molecule has 0 aliphatic carbocycles. The van der Waals surface area contributed by atoms with Crippen molar-refractivity contribution in [3.63, 3.8) is 0 Å². The molecule has 1 unspecified atom stereocenters. The van der Waals surface area contributed by atoms with Crippen molar-refractivity contribution in [2.24, 2.45) is 0 Å². The van der Waals surface area contributed by atoms with Crippen LogP contribution in [0.4, 0.5) is 4.39 Å². The van der Waals surface area contributed by atoms with E-state index in [2.05, 4.69) is 15.9 Å². The molecule has 0 bridgehead atoms. The summed E-state index contributed by atoms with van der Waals surface area (Å²) in [6, 6.07) is 5.08. The van der Waals surface area contributed by atoms with Crippen molar-refractivity contribution >= 4 is 27.5 Å². The molecule has 1 aromatic carbocycles. The topological polar surface area (TPSA) is 9.23 Å². The molecule has 0 radical (unpaired) electrons. The largest absolute Gasteiger partial charge is 0.384 e. The first-order valence-electron chi connectivity index (χ1n) is 4.71. The number of hydrogen-bond donors (Lipinski definition) is 0. The zero-order valence-corrected chi connectivity index (χ0v) is 10.8. The van der Waals surface area contributed by atoms with E-state index >= 15 is 0 Å². The Morgan fingerprint density at radius 3 is 2.93 bits per heavy atom. The Kier molecular flexibility index (Phi) is 5.58. The third-order valence-electron chi connectivity index (χ3n) is 2.11. The smallest absolute Gasteiger partial charge is 0.144 e. The number of aryl methyl sites for hydroxylation is 1. The van der Waals surface area contributed by atoms with Gasteiger partial charge in [-0.15, -0.1) is 0 Å². The van der Waals surface area contributed by atoms with Gasteiger partial charge in [0.05, 0.1) is 11.6 Å². The molecule has 4 heteroatoms. The third-order valence-corrected chi connectivity index (χ3v) is 3.12. The van der Waals surface area contributed by atoms with E-state index in [1.165, 1.54) is 0 Å². The Balaban J connectivity index is 2.54. The summed E-state index contributed by atoms with van der Waals surface area (Å²) in [6.45, 7) is 0.627. The van der Waals surface area contributed by atoms with Crippen LogP contribution in [-0.4, -0.2) is 18.5 Å². The van der Waals surface area contributed by atoms with Crippen LogP contribution >= 0.6 is 27.5 Å². The highest BCUT2D eigenvalue weighted by molar-refractivity contribution is 9.09. The average molecular weight is 296 g/mol. The highest BCUT2D eigenvalue weighted by atomic mass is 79.9. The Morgan fingerprint density at radius 2 is 2.27 bits per heavy atom. The fourth-order valence-electron chi connectivity index (χ4n) is 1.32. The summed E-state index contributed by atoms with van der Waals surface area (Å²) in [5, 5.41) is 0.186. The number of benzene rings is 1. The van der Waals surface area contributed by atoms with E-state index in [-0.39, 0.29) is 15.7 Å². The van der Waals surface area contributed by atoms with E-state index in [1.54, 1.807) is 25.3 Å². The van der Waals surface area contributed by atoms with Crippen molar-refractivity contribution < 1.29 is 9.13 Å². The average Bonchev–Trinajstić information content (AvgIpc) is 2.21. The summed E-state index contributed by atoms with van der Waals surface area (Å²) in [6.07, 6.45) is 1.48. The molecule has 0 spiro atoms. The Hall–Kier alpha value is -0.120. The van der Waals surface area contributed by atoms with E-state index in [0.29, 0.717) is 18.6 Å². The van der Waals surface area contributed by atoms with Gasteiger partial charge < -0.3 is 4.74 Å². The first kappa shape index (κ1) is 12.9. The molecule has 1 rings (SSSR count). The zero-order chi connectivity index (χ0) is 11.3. The SMILES string of the molecule is COCC(Br)CCc1cccc(Cl)c1F. The molecule has 15 heavy (non-hydrogen) atoms. The lowest BCUT2D eigenvalue weighted by Gasteiger charge is -2.09. The summed E-state index contributed by atoms with van der Waals surface area (Å²) < 4.78 is 18.4. The molecule has 0 saturated carbocycles. The number of rotatable bonds is 5. The van der Waals surface area contributed by atoms with Gasteiger partial charge in [-0.3, -0.25) is 0 Å². The fraction of sp³-hybridized carbons (Fsp3) is 0.455. The van der Waals surface area contributed by atoms with Crippen molar-refractivity contribution in [3.05, 3.63) is 34.6 Å². The summed E-state index contributed by atoms with van der Waals surface area (Å²) in [7, 11) is 1.65. The molecule has 0 aliphatic heterocycles. The molecular weight excluding hydrogens is 282 g/mol. The van der Waals surface area contributed by atoms with E-state index in [1.807, 2.05) is 0 Å². The predicted octanol–water partition coefficient (Wildman–Crippen LogP) is 3.82. The van der Waals surface area contributed by atoms with Crippen LogP contribution in [0.2, 0.25) is 5.02 Å². The van der Waals surface area contributed by atoms with Crippen LogP contribution in [0.25, 0.3) is 0 Å². The van der Waals surface area contributed by atoms with E-state index in [0.717, 1.165) is 6.42 Å². The summed E-state index contributed by atoms with van der Waals surface area (Å²) >= 11 is 9.14. The lowest BCUT2D eigenvalue weighted by atomic mass is 10.1. The quantitative estimate of drug-likeness (QED) is 0.750. The van der Waals surface area contributed by atoms with Crippen molar-refractivity contribution in [1.29, 1.82) is 0 Å². The number of methoxy groups -OCH3 is 1. The second kappa shape index (κ2) is 6.46. The molecule has 0 fully saturated rings. The van der Waals surface area contributed by atoms with E-state index < -0.39 is 0 Å². The molecule has 1 aromatic rings. The normalized spacial score (nSPS) is 12.8. The summed E-state index contributed by atoms with van der Waals surface area (Å²) in [5.74, 6) is -0.309. The molecule has 0 aliphatic rings. The van der Waals surface area contributed by atoms with Crippen LogP contribution in [0.15, 0.2) is 18.2 Å². The molecule has 0 amide bonds. The minimum absolute atomic E-state index is 0.186. The van der Waals surface area contributed by atoms with Gasteiger partial charge in [-0.25, -0.2) is 4.39 Å². The van der Waals surface area contributed by atoms with Crippen molar-refractivity contribution in [1.82, 2.24) is 0 Å². The van der Waals surface area contributed by atoms with Crippen LogP contribution in [0, 0.1) is 5.82 Å². The van der Waals surface area contributed by atoms with Gasteiger partial charge in [0.25, 0.3) is 0 Å². The maximum absolute atomic E-state index is 13.5. The minimum Gasteiger partial charge on any atom is -0.384 e. The molecule has 0 aromatic heterocycles. The zero-order valence-electron chi connectivity index (χ0n) is 8.47. The minimum atomic E-state index is -0.309. The fourth-order valence-corrected chi connectivity index (χ4v) is 2.01. The number of ether oxygens (including phenoxy) is 1. The standard InChI is InChI=1S/C11H13BrClFO/c1-15-7-9(12)6-5-8-3-2-4-10(13)11(8)14/h2-4,9H,5-7H2,1H3. The van der Waals surface area contributed by atoms with Gasteiger partial charge >= 0.3 is 0 Å². The van der Waals surface area contributed by atoms with Gasteiger partial charge in [-0.1, -0.05) is 39.7 Å². The number of hydrogen-bond acceptors (Lipinski definition) is 1. The van der Waals surface area contributed by atoms with Gasteiger partial charge in [0.1, 0.15) is 5.82 Å². The van der Waals surface area contributed by atoms with Crippen LogP contribution in [0.3, 0.4) is 0 Å². The monoisotopic (exact) mass is 294 g/mol. The lowest BCUT2D eigenvalue weighted by molar-refractivity contribution is 0.198. The highest BCUT2D eigenvalue weighted by Gasteiger charge is 2.09. The summed E-state index contributed by atoms with van der Waals surface area (Å²) in [4.78, 5) is 0.251. The Labute approximate surface area is 103 Å². The first-order valence-corrected chi connectivity index (χ1v) is 6.00. The first-order chi connectivity index (χ1) is 7.15.